The Hall–Kier alpha value is -3.10. The van der Waals surface area contributed by atoms with Gasteiger partial charge in [0.1, 0.15) is 11.6 Å². The predicted molar refractivity (Wildman–Crippen MR) is 99.7 cm³/mol. The van der Waals surface area contributed by atoms with Crippen LogP contribution in [0, 0.1) is 0 Å². The van der Waals surface area contributed by atoms with E-state index in [1.807, 2.05) is 0 Å². The number of amides is 2. The minimum Gasteiger partial charge on any atom is -0.444 e. The Morgan fingerprint density at radius 2 is 1.83 bits per heavy atom. The zero-order valence-corrected chi connectivity index (χ0v) is 16.1. The van der Waals surface area contributed by atoms with Crippen molar-refractivity contribution in [3.8, 4) is 0 Å². The van der Waals surface area contributed by atoms with Crippen LogP contribution in [-0.2, 0) is 22.1 Å². The SMILES string of the molecule is CC(C)(C)OC(=O)NC1Cc2cnccc2N(c2ccc(C(F)(F)F)cc2)C1=O. The van der Waals surface area contributed by atoms with Crippen molar-refractivity contribution in [3.05, 3.63) is 53.9 Å². The average Bonchev–Trinajstić information content (AvgIpc) is 2.60. The minimum absolute atomic E-state index is 0.193. The second-order valence-electron chi connectivity index (χ2n) is 7.63. The van der Waals surface area contributed by atoms with Crippen LogP contribution in [0.1, 0.15) is 31.9 Å². The molecule has 0 saturated heterocycles. The standard InChI is InChI=1S/C20H20F3N3O3/c1-19(2,3)29-18(28)25-15-10-12-11-24-9-8-16(12)26(17(15)27)14-6-4-13(5-7-14)20(21,22)23/h4-9,11,15H,10H2,1-3H3,(H,25,28). The quantitative estimate of drug-likeness (QED) is 0.809. The van der Waals surface area contributed by atoms with Gasteiger partial charge in [0.2, 0.25) is 0 Å². The number of fused-ring (bicyclic) bond motifs is 1. The van der Waals surface area contributed by atoms with Crippen molar-refractivity contribution in [3.63, 3.8) is 0 Å². The molecule has 2 aromatic rings. The van der Waals surface area contributed by atoms with Crippen molar-refractivity contribution in [2.75, 3.05) is 4.90 Å². The lowest BCUT2D eigenvalue weighted by Crippen LogP contribution is -2.52. The third-order valence-corrected chi connectivity index (χ3v) is 4.21. The van der Waals surface area contributed by atoms with Gasteiger partial charge in [0.25, 0.3) is 5.91 Å². The number of alkyl carbamates (subject to hydrolysis) is 1. The van der Waals surface area contributed by atoms with Crippen LogP contribution in [0.4, 0.5) is 29.3 Å². The fourth-order valence-electron chi connectivity index (χ4n) is 3.01. The molecule has 0 bridgehead atoms. The Morgan fingerprint density at radius 3 is 2.41 bits per heavy atom. The molecule has 0 aliphatic carbocycles. The highest BCUT2D eigenvalue weighted by Gasteiger charge is 2.36. The molecular formula is C20H20F3N3O3. The Labute approximate surface area is 165 Å². The Balaban J connectivity index is 1.93. The van der Waals surface area contributed by atoms with Crippen LogP contribution in [0.3, 0.4) is 0 Å². The molecule has 6 nitrogen and oxygen atoms in total. The Kier molecular flexibility index (Phi) is 5.25. The Bertz CT molecular complexity index is 921. The van der Waals surface area contributed by atoms with E-state index in [-0.39, 0.29) is 12.1 Å². The van der Waals surface area contributed by atoms with Crippen LogP contribution in [0.5, 0.6) is 0 Å². The predicted octanol–water partition coefficient (Wildman–Crippen LogP) is 4.21. The summed E-state index contributed by atoms with van der Waals surface area (Å²) >= 11 is 0. The Morgan fingerprint density at radius 1 is 1.17 bits per heavy atom. The molecule has 29 heavy (non-hydrogen) atoms. The number of nitrogens with zero attached hydrogens (tertiary/aromatic N) is 2. The molecule has 1 aromatic heterocycles. The van der Waals surface area contributed by atoms with Crippen LogP contribution in [-0.4, -0.2) is 28.6 Å². The summed E-state index contributed by atoms with van der Waals surface area (Å²) in [6, 6.07) is 4.93. The highest BCUT2D eigenvalue weighted by molar-refractivity contribution is 6.07. The van der Waals surface area contributed by atoms with Gasteiger partial charge in [-0.3, -0.25) is 14.7 Å². The molecular weight excluding hydrogens is 387 g/mol. The zero-order valence-electron chi connectivity index (χ0n) is 16.1. The van der Waals surface area contributed by atoms with Crippen molar-refractivity contribution in [1.82, 2.24) is 10.3 Å². The van der Waals surface area contributed by atoms with Crippen molar-refractivity contribution in [1.29, 1.82) is 0 Å². The van der Waals surface area contributed by atoms with E-state index in [1.165, 1.54) is 23.2 Å². The lowest BCUT2D eigenvalue weighted by molar-refractivity contribution is -0.137. The van der Waals surface area contributed by atoms with Gasteiger partial charge in [0.05, 0.1) is 11.3 Å². The lowest BCUT2D eigenvalue weighted by Gasteiger charge is -2.34. The number of anilines is 2. The molecule has 3 rings (SSSR count). The molecule has 1 N–H and O–H groups in total. The third-order valence-electron chi connectivity index (χ3n) is 4.21. The van der Waals surface area contributed by atoms with Crippen LogP contribution in [0.25, 0.3) is 0 Å². The first-order valence-electron chi connectivity index (χ1n) is 8.89. The summed E-state index contributed by atoms with van der Waals surface area (Å²) in [6.45, 7) is 5.09. The highest BCUT2D eigenvalue weighted by atomic mass is 19.4. The number of carbonyl (C=O) groups excluding carboxylic acids is 2. The van der Waals surface area contributed by atoms with Gasteiger partial charge >= 0.3 is 12.3 Å². The van der Waals surface area contributed by atoms with Gasteiger partial charge in [-0.2, -0.15) is 13.2 Å². The number of carbonyl (C=O) groups is 2. The first kappa shape index (κ1) is 20.6. The van der Waals surface area contributed by atoms with Crippen molar-refractivity contribution in [2.45, 2.75) is 45.0 Å². The summed E-state index contributed by atoms with van der Waals surface area (Å²) in [5.74, 6) is -0.477. The van der Waals surface area contributed by atoms with Gasteiger partial charge in [-0.25, -0.2) is 4.79 Å². The fraction of sp³-hybridized carbons (Fsp3) is 0.350. The van der Waals surface area contributed by atoms with Crippen LogP contribution in [0.15, 0.2) is 42.7 Å². The number of hydrogen-bond acceptors (Lipinski definition) is 4. The number of benzene rings is 1. The minimum atomic E-state index is -4.48. The number of pyridine rings is 1. The van der Waals surface area contributed by atoms with Crippen molar-refractivity contribution in [2.24, 2.45) is 0 Å². The summed E-state index contributed by atoms with van der Waals surface area (Å²) in [6.07, 6.45) is -1.99. The second-order valence-corrected chi connectivity index (χ2v) is 7.63. The van der Waals surface area contributed by atoms with E-state index in [9.17, 15) is 22.8 Å². The summed E-state index contributed by atoms with van der Waals surface area (Å²) in [5, 5.41) is 2.54. The highest BCUT2D eigenvalue weighted by Crippen LogP contribution is 2.36. The molecule has 0 radical (unpaired) electrons. The van der Waals surface area contributed by atoms with Crippen molar-refractivity contribution >= 4 is 23.4 Å². The van der Waals surface area contributed by atoms with E-state index in [0.29, 0.717) is 11.3 Å². The normalized spacial score (nSPS) is 17.0. The summed E-state index contributed by atoms with van der Waals surface area (Å²) in [5.41, 5.74) is -0.121. The number of hydrogen-bond donors (Lipinski definition) is 1. The monoisotopic (exact) mass is 407 g/mol. The smallest absolute Gasteiger partial charge is 0.416 e. The van der Waals surface area contributed by atoms with E-state index in [1.54, 1.807) is 33.0 Å². The molecule has 1 aromatic carbocycles. The number of rotatable bonds is 2. The maximum atomic E-state index is 13.1. The van der Waals surface area contributed by atoms with E-state index in [2.05, 4.69) is 10.3 Å². The van der Waals surface area contributed by atoms with Crippen LogP contribution < -0.4 is 10.2 Å². The number of ether oxygens (including phenoxy) is 1. The van der Waals surface area contributed by atoms with Crippen LogP contribution in [0.2, 0.25) is 0 Å². The summed E-state index contributed by atoms with van der Waals surface area (Å²) < 4.78 is 43.8. The number of halogens is 3. The third kappa shape index (κ3) is 4.67. The van der Waals surface area contributed by atoms with Crippen molar-refractivity contribution < 1.29 is 27.5 Å². The van der Waals surface area contributed by atoms with Gasteiger partial charge in [-0.05, 0) is 56.7 Å². The summed E-state index contributed by atoms with van der Waals surface area (Å²) in [7, 11) is 0. The first-order chi connectivity index (χ1) is 13.5. The molecule has 2 heterocycles. The van der Waals surface area contributed by atoms with Gasteiger partial charge < -0.3 is 10.1 Å². The summed E-state index contributed by atoms with van der Waals surface area (Å²) in [4.78, 5) is 30.5. The van der Waals surface area contributed by atoms with Gasteiger partial charge in [-0.1, -0.05) is 0 Å². The molecule has 154 valence electrons. The average molecular weight is 407 g/mol. The largest absolute Gasteiger partial charge is 0.444 e. The van der Waals surface area contributed by atoms with E-state index in [4.69, 9.17) is 4.74 Å². The second kappa shape index (κ2) is 7.38. The maximum absolute atomic E-state index is 13.1. The first-order valence-corrected chi connectivity index (χ1v) is 8.89. The van der Waals surface area contributed by atoms with E-state index >= 15 is 0 Å². The van der Waals surface area contributed by atoms with E-state index in [0.717, 1.165) is 12.1 Å². The number of nitrogens with one attached hydrogen (secondary N) is 1. The molecule has 2 amide bonds. The van der Waals surface area contributed by atoms with Gasteiger partial charge in [0, 0.05) is 24.5 Å². The van der Waals surface area contributed by atoms with Gasteiger partial charge in [-0.15, -0.1) is 0 Å². The topological polar surface area (TPSA) is 71.5 Å². The lowest BCUT2D eigenvalue weighted by atomic mass is 9.98. The van der Waals surface area contributed by atoms with Crippen LogP contribution >= 0.6 is 0 Å². The molecule has 0 saturated carbocycles. The molecule has 1 unspecified atom stereocenters. The number of alkyl halides is 3. The molecule has 1 atom stereocenters. The number of aromatic nitrogens is 1. The molecule has 1 aliphatic heterocycles. The molecule has 9 heteroatoms. The molecule has 1 aliphatic rings. The fourth-order valence-corrected chi connectivity index (χ4v) is 3.01. The molecule has 0 spiro atoms. The zero-order chi connectivity index (χ0) is 21.4. The molecule has 0 fully saturated rings. The van der Waals surface area contributed by atoms with E-state index < -0.39 is 35.4 Å². The van der Waals surface area contributed by atoms with Gasteiger partial charge in [0.15, 0.2) is 0 Å². The maximum Gasteiger partial charge on any atom is 0.416 e.